The second-order valence-corrected chi connectivity index (χ2v) is 9.66. The average molecular weight is 405 g/mol. The normalized spacial score (nSPS) is 18.6. The van der Waals surface area contributed by atoms with E-state index in [0.29, 0.717) is 30.1 Å². The number of nitrogens with zero attached hydrogens (tertiary/aromatic N) is 3. The molecule has 4 rings (SSSR count). The minimum Gasteiger partial charge on any atom is -0.350 e. The van der Waals surface area contributed by atoms with Crippen LogP contribution in [0.3, 0.4) is 0 Å². The minimum absolute atomic E-state index is 0.127. The van der Waals surface area contributed by atoms with Gasteiger partial charge in [-0.2, -0.15) is 4.31 Å². The van der Waals surface area contributed by atoms with E-state index in [1.54, 1.807) is 17.5 Å². The molecule has 1 atom stereocenters. The van der Waals surface area contributed by atoms with Crippen LogP contribution in [0.1, 0.15) is 18.5 Å². The summed E-state index contributed by atoms with van der Waals surface area (Å²) in [5.74, 6) is -0.469. The molecule has 7 nitrogen and oxygen atoms in total. The Labute approximate surface area is 161 Å². The number of pyridine rings is 1. The molecule has 1 saturated heterocycles. The third-order valence-electron chi connectivity index (χ3n) is 4.70. The molecule has 0 bridgehead atoms. The summed E-state index contributed by atoms with van der Waals surface area (Å²) in [4.78, 5) is 17.0. The smallest absolute Gasteiger partial charge is 0.252 e. The van der Waals surface area contributed by atoms with E-state index in [2.05, 4.69) is 10.3 Å². The fourth-order valence-corrected chi connectivity index (χ4v) is 5.97. The maximum Gasteiger partial charge on any atom is 0.252 e. The highest BCUT2D eigenvalue weighted by atomic mass is 32.2. The zero-order valence-electron chi connectivity index (χ0n) is 14.6. The molecule has 0 spiro atoms. The van der Waals surface area contributed by atoms with Gasteiger partial charge in [0.05, 0.1) is 18.2 Å². The Kier molecular flexibility index (Phi) is 4.98. The maximum absolute atomic E-state index is 12.7. The predicted octanol–water partition coefficient (Wildman–Crippen LogP) is 2.11. The maximum atomic E-state index is 12.7. The van der Waals surface area contributed by atoms with Crippen molar-refractivity contribution in [1.29, 1.82) is 0 Å². The molecule has 0 aromatic carbocycles. The Morgan fingerprint density at radius 3 is 2.96 bits per heavy atom. The van der Waals surface area contributed by atoms with Gasteiger partial charge in [0.25, 0.3) is 10.0 Å². The van der Waals surface area contributed by atoms with Gasteiger partial charge in [0.15, 0.2) is 0 Å². The SMILES string of the molecule is O=C(NCc1cn2ccccc2n1)[C@@H]1CCCN(S(=O)(=O)c2cccs2)C1. The molecule has 0 radical (unpaired) electrons. The van der Waals surface area contributed by atoms with Crippen molar-refractivity contribution >= 4 is 32.9 Å². The predicted molar refractivity (Wildman–Crippen MR) is 103 cm³/mol. The Morgan fingerprint density at radius 1 is 1.30 bits per heavy atom. The molecule has 0 saturated carbocycles. The van der Waals surface area contributed by atoms with E-state index in [9.17, 15) is 13.2 Å². The van der Waals surface area contributed by atoms with Crippen LogP contribution in [0.15, 0.2) is 52.3 Å². The number of aromatic nitrogens is 2. The topological polar surface area (TPSA) is 83.8 Å². The number of nitrogens with one attached hydrogen (secondary N) is 1. The third-order valence-corrected chi connectivity index (χ3v) is 7.94. The van der Waals surface area contributed by atoms with Crippen molar-refractivity contribution in [3.63, 3.8) is 0 Å². The van der Waals surface area contributed by atoms with Crippen molar-refractivity contribution < 1.29 is 13.2 Å². The first-order chi connectivity index (χ1) is 13.0. The van der Waals surface area contributed by atoms with Crippen molar-refractivity contribution in [1.82, 2.24) is 19.0 Å². The number of piperidine rings is 1. The number of hydrogen-bond donors (Lipinski definition) is 1. The van der Waals surface area contributed by atoms with E-state index < -0.39 is 10.0 Å². The number of thiophene rings is 1. The highest BCUT2D eigenvalue weighted by Gasteiger charge is 2.33. The summed E-state index contributed by atoms with van der Waals surface area (Å²) in [6.07, 6.45) is 5.15. The van der Waals surface area contributed by atoms with E-state index in [4.69, 9.17) is 0 Å². The van der Waals surface area contributed by atoms with E-state index in [1.807, 2.05) is 35.0 Å². The summed E-state index contributed by atoms with van der Waals surface area (Å²) >= 11 is 1.20. The highest BCUT2D eigenvalue weighted by molar-refractivity contribution is 7.91. The molecule has 27 heavy (non-hydrogen) atoms. The summed E-state index contributed by atoms with van der Waals surface area (Å²) in [5.41, 5.74) is 1.60. The van der Waals surface area contributed by atoms with Gasteiger partial charge in [-0.25, -0.2) is 13.4 Å². The zero-order chi connectivity index (χ0) is 18.9. The summed E-state index contributed by atoms with van der Waals surface area (Å²) < 4.78 is 29.0. The van der Waals surface area contributed by atoms with Crippen LogP contribution < -0.4 is 5.32 Å². The lowest BCUT2D eigenvalue weighted by Crippen LogP contribution is -2.45. The summed E-state index contributed by atoms with van der Waals surface area (Å²) in [7, 11) is -3.51. The molecule has 3 aromatic rings. The third kappa shape index (κ3) is 3.76. The number of amides is 1. The van der Waals surface area contributed by atoms with Crippen molar-refractivity contribution in [3.8, 4) is 0 Å². The molecule has 4 heterocycles. The molecular formula is C18H20N4O3S2. The lowest BCUT2D eigenvalue weighted by atomic mass is 9.99. The minimum atomic E-state index is -3.51. The molecule has 1 aliphatic heterocycles. The number of hydrogen-bond acceptors (Lipinski definition) is 5. The monoisotopic (exact) mass is 404 g/mol. The Bertz CT molecular complexity index is 1010. The van der Waals surface area contributed by atoms with Crippen LogP contribution in [0.25, 0.3) is 5.65 Å². The van der Waals surface area contributed by atoms with Crippen molar-refractivity contribution in [2.24, 2.45) is 5.92 Å². The lowest BCUT2D eigenvalue weighted by molar-refractivity contribution is -0.126. The number of fused-ring (bicyclic) bond motifs is 1. The average Bonchev–Trinajstić information content (AvgIpc) is 3.36. The van der Waals surface area contributed by atoms with Crippen molar-refractivity contribution in [2.75, 3.05) is 13.1 Å². The van der Waals surface area contributed by atoms with Gasteiger partial charge in [-0.15, -0.1) is 11.3 Å². The second-order valence-electron chi connectivity index (χ2n) is 6.55. The van der Waals surface area contributed by atoms with E-state index in [1.165, 1.54) is 15.6 Å². The van der Waals surface area contributed by atoms with Crippen LogP contribution in [0.5, 0.6) is 0 Å². The molecule has 1 amide bonds. The van der Waals surface area contributed by atoms with Crippen LogP contribution >= 0.6 is 11.3 Å². The van der Waals surface area contributed by atoms with Gasteiger partial charge in [0.1, 0.15) is 9.86 Å². The fourth-order valence-electron chi connectivity index (χ4n) is 3.31. The second kappa shape index (κ2) is 7.41. The largest absolute Gasteiger partial charge is 0.350 e. The van der Waals surface area contributed by atoms with E-state index >= 15 is 0 Å². The quantitative estimate of drug-likeness (QED) is 0.706. The molecule has 1 fully saturated rings. The number of sulfonamides is 1. The Morgan fingerprint density at radius 2 is 2.19 bits per heavy atom. The van der Waals surface area contributed by atoms with Crippen LogP contribution in [0, 0.1) is 5.92 Å². The molecule has 9 heteroatoms. The lowest BCUT2D eigenvalue weighted by Gasteiger charge is -2.30. The first-order valence-corrected chi connectivity index (χ1v) is 11.1. The first-order valence-electron chi connectivity index (χ1n) is 8.78. The van der Waals surface area contributed by atoms with Crippen molar-refractivity contribution in [3.05, 3.63) is 53.8 Å². The van der Waals surface area contributed by atoms with E-state index in [0.717, 1.165) is 11.3 Å². The summed E-state index contributed by atoms with van der Waals surface area (Å²) in [6.45, 7) is 1.00. The molecular weight excluding hydrogens is 384 g/mol. The summed E-state index contributed by atoms with van der Waals surface area (Å²) in [5, 5.41) is 4.65. The van der Waals surface area contributed by atoms with Crippen LogP contribution in [0.2, 0.25) is 0 Å². The standard InChI is InChI=1S/C18H20N4O3S2/c23-18(19-11-15-13-21-8-2-1-6-16(21)20-15)14-5-3-9-22(12-14)27(24,25)17-7-4-10-26-17/h1-2,4,6-8,10,13-14H,3,5,9,11-12H2,(H,19,23)/t14-/m1/s1. The van der Waals surface area contributed by atoms with Crippen LogP contribution in [-0.4, -0.2) is 41.1 Å². The Hall–Kier alpha value is -2.23. The summed E-state index contributed by atoms with van der Waals surface area (Å²) in [6, 6.07) is 9.06. The zero-order valence-corrected chi connectivity index (χ0v) is 16.2. The van der Waals surface area contributed by atoms with Crippen LogP contribution in [-0.2, 0) is 21.4 Å². The van der Waals surface area contributed by atoms with Crippen molar-refractivity contribution in [2.45, 2.75) is 23.6 Å². The number of carbonyl (C=O) groups excluding carboxylic acids is 1. The van der Waals surface area contributed by atoms with E-state index in [-0.39, 0.29) is 18.4 Å². The highest BCUT2D eigenvalue weighted by Crippen LogP contribution is 2.26. The van der Waals surface area contributed by atoms with Gasteiger partial charge < -0.3 is 9.72 Å². The van der Waals surface area contributed by atoms with Gasteiger partial charge in [-0.05, 0) is 36.4 Å². The number of carbonyl (C=O) groups is 1. The molecule has 3 aromatic heterocycles. The Balaban J connectivity index is 1.40. The van der Waals surface area contributed by atoms with Gasteiger partial charge in [0, 0.05) is 25.5 Å². The van der Waals surface area contributed by atoms with Gasteiger partial charge in [-0.1, -0.05) is 12.1 Å². The molecule has 142 valence electrons. The van der Waals surface area contributed by atoms with Gasteiger partial charge >= 0.3 is 0 Å². The number of rotatable bonds is 5. The first kappa shape index (κ1) is 18.1. The number of imidazole rings is 1. The van der Waals surface area contributed by atoms with Gasteiger partial charge in [0.2, 0.25) is 5.91 Å². The fraction of sp³-hybridized carbons (Fsp3) is 0.333. The van der Waals surface area contributed by atoms with Gasteiger partial charge in [-0.3, -0.25) is 4.79 Å². The molecule has 0 unspecified atom stereocenters. The molecule has 1 aliphatic rings. The van der Waals surface area contributed by atoms with Crippen LogP contribution in [0.4, 0.5) is 0 Å². The molecule has 0 aliphatic carbocycles. The molecule has 1 N–H and O–H groups in total.